The first-order chi connectivity index (χ1) is 11.6. The van der Waals surface area contributed by atoms with Crippen LogP contribution in [0.3, 0.4) is 0 Å². The van der Waals surface area contributed by atoms with Crippen molar-refractivity contribution in [2.24, 2.45) is 12.5 Å². The monoisotopic (exact) mass is 329 g/mol. The Kier molecular flexibility index (Phi) is 3.95. The van der Waals surface area contributed by atoms with Crippen LogP contribution in [-0.2, 0) is 7.05 Å². The zero-order valence-corrected chi connectivity index (χ0v) is 14.7. The average molecular weight is 329 g/mol. The topological polar surface area (TPSA) is 67.1 Å². The lowest BCUT2D eigenvalue weighted by Gasteiger charge is -2.43. The SMILES string of the molecule is CN(CC1(CO)CCC1)c1nc(C2CCCC2)nc2c1cnn2C. The van der Waals surface area contributed by atoms with Gasteiger partial charge in [0.05, 0.1) is 18.2 Å². The van der Waals surface area contributed by atoms with E-state index in [-0.39, 0.29) is 12.0 Å². The summed E-state index contributed by atoms with van der Waals surface area (Å²) in [6.45, 7) is 1.10. The molecule has 0 bridgehead atoms. The molecule has 0 aromatic carbocycles. The summed E-state index contributed by atoms with van der Waals surface area (Å²) in [7, 11) is 4.03. The molecule has 0 radical (unpaired) electrons. The Labute approximate surface area is 142 Å². The summed E-state index contributed by atoms with van der Waals surface area (Å²) < 4.78 is 1.85. The van der Waals surface area contributed by atoms with Gasteiger partial charge < -0.3 is 10.0 Å². The molecule has 2 aliphatic rings. The summed E-state index contributed by atoms with van der Waals surface area (Å²) >= 11 is 0. The molecule has 6 nitrogen and oxygen atoms in total. The summed E-state index contributed by atoms with van der Waals surface area (Å²) in [5.41, 5.74) is 0.960. The third kappa shape index (κ3) is 2.57. The molecule has 0 saturated heterocycles. The second-order valence-electron chi connectivity index (χ2n) is 7.76. The molecule has 0 atom stereocenters. The number of anilines is 1. The van der Waals surface area contributed by atoms with E-state index in [1.54, 1.807) is 0 Å². The molecule has 0 unspecified atom stereocenters. The quantitative estimate of drug-likeness (QED) is 0.913. The molecule has 2 aromatic heterocycles. The van der Waals surface area contributed by atoms with Crippen molar-refractivity contribution >= 4 is 16.9 Å². The summed E-state index contributed by atoms with van der Waals surface area (Å²) in [5.74, 6) is 2.42. The van der Waals surface area contributed by atoms with Crippen molar-refractivity contribution in [3.05, 3.63) is 12.0 Å². The Morgan fingerprint density at radius 2 is 2.00 bits per heavy atom. The molecule has 24 heavy (non-hydrogen) atoms. The third-order valence-corrected chi connectivity index (χ3v) is 5.99. The fourth-order valence-electron chi connectivity index (χ4n) is 4.30. The van der Waals surface area contributed by atoms with Crippen LogP contribution < -0.4 is 4.90 Å². The van der Waals surface area contributed by atoms with E-state index >= 15 is 0 Å². The van der Waals surface area contributed by atoms with E-state index in [1.165, 1.54) is 32.1 Å². The molecule has 0 aliphatic heterocycles. The number of nitrogens with zero attached hydrogens (tertiary/aromatic N) is 5. The van der Waals surface area contributed by atoms with Gasteiger partial charge in [-0.05, 0) is 25.7 Å². The van der Waals surface area contributed by atoms with Gasteiger partial charge >= 0.3 is 0 Å². The van der Waals surface area contributed by atoms with Crippen molar-refractivity contribution in [2.75, 3.05) is 25.1 Å². The number of aliphatic hydroxyl groups excluding tert-OH is 1. The van der Waals surface area contributed by atoms with Gasteiger partial charge in [0.2, 0.25) is 0 Å². The fraction of sp³-hybridized carbons (Fsp3) is 0.722. The Bertz CT molecular complexity index is 725. The van der Waals surface area contributed by atoms with E-state index < -0.39 is 0 Å². The van der Waals surface area contributed by atoms with Crippen molar-refractivity contribution in [2.45, 2.75) is 50.9 Å². The first-order valence-corrected chi connectivity index (χ1v) is 9.13. The smallest absolute Gasteiger partial charge is 0.163 e. The summed E-state index contributed by atoms with van der Waals surface area (Å²) in [4.78, 5) is 12.0. The highest BCUT2D eigenvalue weighted by atomic mass is 16.3. The molecule has 6 heteroatoms. The lowest BCUT2D eigenvalue weighted by Crippen LogP contribution is -2.44. The minimum atomic E-state index is 0.0434. The van der Waals surface area contributed by atoms with Crippen LogP contribution in [0.15, 0.2) is 6.20 Å². The first kappa shape index (κ1) is 15.8. The van der Waals surface area contributed by atoms with Gasteiger partial charge in [-0.25, -0.2) is 9.97 Å². The van der Waals surface area contributed by atoms with E-state index in [2.05, 4.69) is 17.0 Å². The number of hydrogen-bond acceptors (Lipinski definition) is 5. The normalized spacial score (nSPS) is 20.5. The zero-order chi connectivity index (χ0) is 16.7. The van der Waals surface area contributed by atoms with Crippen molar-refractivity contribution in [1.29, 1.82) is 0 Å². The molecule has 130 valence electrons. The summed E-state index contributed by atoms with van der Waals surface area (Å²) in [6.07, 6.45) is 10.2. The molecule has 2 fully saturated rings. The number of hydrogen-bond donors (Lipinski definition) is 1. The molecule has 2 aliphatic carbocycles. The number of rotatable bonds is 5. The van der Waals surface area contributed by atoms with Crippen molar-refractivity contribution < 1.29 is 5.11 Å². The molecular weight excluding hydrogens is 302 g/mol. The van der Waals surface area contributed by atoms with E-state index in [0.29, 0.717) is 5.92 Å². The minimum absolute atomic E-state index is 0.0434. The highest BCUT2D eigenvalue weighted by Crippen LogP contribution is 2.42. The molecule has 4 rings (SSSR count). The Morgan fingerprint density at radius 3 is 2.62 bits per heavy atom. The van der Waals surface area contributed by atoms with Gasteiger partial charge in [-0.3, -0.25) is 4.68 Å². The van der Waals surface area contributed by atoms with Crippen LogP contribution in [0, 0.1) is 5.41 Å². The number of aliphatic hydroxyl groups is 1. The van der Waals surface area contributed by atoms with Crippen LogP contribution in [-0.4, -0.2) is 45.1 Å². The molecule has 2 saturated carbocycles. The Hall–Kier alpha value is -1.69. The van der Waals surface area contributed by atoms with Gasteiger partial charge in [-0.15, -0.1) is 0 Å². The molecule has 0 amide bonds. The summed E-state index contributed by atoms with van der Waals surface area (Å²) in [6, 6.07) is 0. The van der Waals surface area contributed by atoms with Crippen molar-refractivity contribution in [3.8, 4) is 0 Å². The predicted octanol–water partition coefficient (Wildman–Crippen LogP) is 2.62. The zero-order valence-electron chi connectivity index (χ0n) is 14.7. The second kappa shape index (κ2) is 5.99. The second-order valence-corrected chi connectivity index (χ2v) is 7.76. The molecule has 0 spiro atoms. The third-order valence-electron chi connectivity index (χ3n) is 5.99. The minimum Gasteiger partial charge on any atom is -0.396 e. The van der Waals surface area contributed by atoms with Gasteiger partial charge in [0.25, 0.3) is 0 Å². The number of aryl methyl sites for hydroxylation is 1. The highest BCUT2D eigenvalue weighted by Gasteiger charge is 2.38. The maximum atomic E-state index is 9.80. The predicted molar refractivity (Wildman–Crippen MR) is 94.2 cm³/mol. The van der Waals surface area contributed by atoms with Crippen LogP contribution in [0.5, 0.6) is 0 Å². The van der Waals surface area contributed by atoms with E-state index in [1.807, 2.05) is 17.9 Å². The van der Waals surface area contributed by atoms with Crippen molar-refractivity contribution in [3.63, 3.8) is 0 Å². The first-order valence-electron chi connectivity index (χ1n) is 9.13. The highest BCUT2D eigenvalue weighted by molar-refractivity contribution is 5.86. The Balaban J connectivity index is 1.72. The van der Waals surface area contributed by atoms with E-state index in [9.17, 15) is 5.11 Å². The molecule has 2 heterocycles. The average Bonchev–Trinajstić information content (AvgIpc) is 3.20. The molecular formula is C18H27N5O. The maximum Gasteiger partial charge on any atom is 0.163 e. The molecule has 2 aromatic rings. The lowest BCUT2D eigenvalue weighted by molar-refractivity contribution is 0.0523. The fourth-order valence-corrected chi connectivity index (χ4v) is 4.30. The van der Waals surface area contributed by atoms with Crippen LogP contribution in [0.4, 0.5) is 5.82 Å². The van der Waals surface area contributed by atoms with E-state index in [4.69, 9.17) is 9.97 Å². The maximum absolute atomic E-state index is 9.80. The standard InChI is InChI=1S/C18H27N5O/c1-22(11-18(12-24)8-5-9-18)16-14-10-19-23(2)17(14)21-15(20-16)13-6-3-4-7-13/h10,13,24H,3-9,11-12H2,1-2H3. The van der Waals surface area contributed by atoms with Crippen LogP contribution in [0.2, 0.25) is 0 Å². The molecule has 1 N–H and O–H groups in total. The van der Waals surface area contributed by atoms with Gasteiger partial charge in [-0.1, -0.05) is 19.3 Å². The van der Waals surface area contributed by atoms with Gasteiger partial charge in [0, 0.05) is 32.0 Å². The number of aromatic nitrogens is 4. The largest absolute Gasteiger partial charge is 0.396 e. The van der Waals surface area contributed by atoms with Crippen molar-refractivity contribution in [1.82, 2.24) is 19.7 Å². The van der Waals surface area contributed by atoms with Gasteiger partial charge in [0.1, 0.15) is 11.6 Å². The summed E-state index contributed by atoms with van der Waals surface area (Å²) in [5, 5.41) is 15.2. The van der Waals surface area contributed by atoms with E-state index in [0.717, 1.165) is 42.1 Å². The lowest BCUT2D eigenvalue weighted by atomic mass is 9.69. The van der Waals surface area contributed by atoms with Gasteiger partial charge in [0.15, 0.2) is 5.65 Å². The van der Waals surface area contributed by atoms with Crippen LogP contribution >= 0.6 is 0 Å². The van der Waals surface area contributed by atoms with Crippen LogP contribution in [0.25, 0.3) is 11.0 Å². The number of fused-ring (bicyclic) bond motifs is 1. The van der Waals surface area contributed by atoms with Gasteiger partial charge in [-0.2, -0.15) is 5.10 Å². The Morgan fingerprint density at radius 1 is 1.25 bits per heavy atom. The van der Waals surface area contributed by atoms with Crippen LogP contribution in [0.1, 0.15) is 56.7 Å².